The molecule has 1 fully saturated rings. The highest BCUT2D eigenvalue weighted by Gasteiger charge is 2.39. The quantitative estimate of drug-likeness (QED) is 0.767. The Labute approximate surface area is 122 Å². The van der Waals surface area contributed by atoms with E-state index in [9.17, 15) is 21.6 Å². The van der Waals surface area contributed by atoms with E-state index in [0.717, 1.165) is 10.4 Å². The number of aliphatic carboxylic acids is 1. The van der Waals surface area contributed by atoms with E-state index in [-0.39, 0.29) is 22.8 Å². The average molecular weight is 334 g/mol. The van der Waals surface area contributed by atoms with Crippen LogP contribution < -0.4 is 5.14 Å². The number of carbonyl (C=O) groups is 1. The number of sulfonamides is 2. The summed E-state index contributed by atoms with van der Waals surface area (Å²) in [7, 11) is -8.12. The minimum Gasteiger partial charge on any atom is -0.480 e. The highest BCUT2D eigenvalue weighted by molar-refractivity contribution is 7.90. The molecule has 0 aliphatic carbocycles. The maximum absolute atomic E-state index is 12.5. The van der Waals surface area contributed by atoms with E-state index in [2.05, 4.69) is 0 Å². The second kappa shape index (κ2) is 5.37. The van der Waals surface area contributed by atoms with Gasteiger partial charge in [-0.2, -0.15) is 4.31 Å². The van der Waals surface area contributed by atoms with Crippen LogP contribution in [0.3, 0.4) is 0 Å². The maximum Gasteiger partial charge on any atom is 0.322 e. The molecule has 0 radical (unpaired) electrons. The third kappa shape index (κ3) is 3.07. The summed E-state index contributed by atoms with van der Waals surface area (Å²) in [5.41, 5.74) is 0. The highest BCUT2D eigenvalue weighted by atomic mass is 32.2. The Morgan fingerprint density at radius 1 is 1.24 bits per heavy atom. The van der Waals surface area contributed by atoms with E-state index in [1.807, 2.05) is 0 Å². The van der Waals surface area contributed by atoms with Crippen molar-refractivity contribution >= 4 is 26.0 Å². The standard InChI is InChI=1S/C11H14N2O6S2/c12-20(16,17)8-3-1-4-9(7-8)21(18,19)13-6-2-5-10(13)11(14)15/h1,3-4,7,10H,2,5-6H2,(H,14,15)(H2,12,16,17)/t10-/m0/s1. The molecule has 0 spiro atoms. The molecule has 21 heavy (non-hydrogen) atoms. The number of nitrogens with two attached hydrogens (primary N) is 1. The second-order valence-corrected chi connectivity index (χ2v) is 8.08. The molecule has 2 rings (SSSR count). The van der Waals surface area contributed by atoms with Gasteiger partial charge in [-0.25, -0.2) is 22.0 Å². The van der Waals surface area contributed by atoms with Crippen molar-refractivity contribution in [3.05, 3.63) is 24.3 Å². The third-order valence-corrected chi connectivity index (χ3v) is 6.04. The zero-order valence-electron chi connectivity index (χ0n) is 10.8. The highest BCUT2D eigenvalue weighted by Crippen LogP contribution is 2.27. The molecule has 1 heterocycles. The van der Waals surface area contributed by atoms with E-state index >= 15 is 0 Å². The fourth-order valence-corrected chi connectivity index (χ4v) is 4.55. The fraction of sp³-hybridized carbons (Fsp3) is 0.364. The molecule has 3 N–H and O–H groups in total. The second-order valence-electron chi connectivity index (χ2n) is 4.63. The summed E-state index contributed by atoms with van der Waals surface area (Å²) < 4.78 is 48.3. The topological polar surface area (TPSA) is 135 Å². The van der Waals surface area contributed by atoms with Crippen molar-refractivity contribution < 1.29 is 26.7 Å². The van der Waals surface area contributed by atoms with Crippen molar-refractivity contribution in [3.63, 3.8) is 0 Å². The van der Waals surface area contributed by atoms with Gasteiger partial charge in [0.25, 0.3) is 0 Å². The average Bonchev–Trinajstić information content (AvgIpc) is 2.88. The first-order valence-corrected chi connectivity index (χ1v) is 9.00. The Hall–Kier alpha value is -1.49. The van der Waals surface area contributed by atoms with Gasteiger partial charge in [-0.05, 0) is 31.0 Å². The lowest BCUT2D eigenvalue weighted by molar-refractivity contribution is -0.140. The molecule has 0 aromatic heterocycles. The number of hydrogen-bond acceptors (Lipinski definition) is 5. The molecule has 1 aliphatic heterocycles. The van der Waals surface area contributed by atoms with Gasteiger partial charge in [0.05, 0.1) is 9.79 Å². The summed E-state index contributed by atoms with van der Waals surface area (Å²) in [6.07, 6.45) is 0.661. The van der Waals surface area contributed by atoms with E-state index in [0.29, 0.717) is 6.42 Å². The van der Waals surface area contributed by atoms with Crippen LogP contribution in [0.25, 0.3) is 0 Å². The molecule has 10 heteroatoms. The predicted octanol–water partition coefficient (Wildman–Crippen LogP) is -0.428. The number of carboxylic acid groups (broad SMARTS) is 1. The summed E-state index contributed by atoms with van der Waals surface area (Å²) in [5, 5.41) is 14.0. The van der Waals surface area contributed by atoms with Crippen LogP contribution in [0.2, 0.25) is 0 Å². The van der Waals surface area contributed by atoms with Gasteiger partial charge in [0.2, 0.25) is 20.0 Å². The van der Waals surface area contributed by atoms with Crippen molar-refractivity contribution in [1.82, 2.24) is 4.31 Å². The minimum absolute atomic E-state index is 0.0822. The van der Waals surface area contributed by atoms with E-state index < -0.39 is 32.1 Å². The summed E-state index contributed by atoms with van der Waals surface area (Å²) in [6, 6.07) is 3.43. The van der Waals surface area contributed by atoms with E-state index in [1.165, 1.54) is 18.2 Å². The molecule has 116 valence electrons. The molecule has 1 atom stereocenters. The zero-order chi connectivity index (χ0) is 15.8. The zero-order valence-corrected chi connectivity index (χ0v) is 12.5. The van der Waals surface area contributed by atoms with Crippen LogP contribution in [0.1, 0.15) is 12.8 Å². The molecule has 1 saturated heterocycles. The monoisotopic (exact) mass is 334 g/mol. The molecular weight excluding hydrogens is 320 g/mol. The van der Waals surface area contributed by atoms with Crippen LogP contribution >= 0.6 is 0 Å². The maximum atomic E-state index is 12.5. The molecule has 1 aliphatic rings. The van der Waals surface area contributed by atoms with Gasteiger partial charge in [0.15, 0.2) is 0 Å². The first-order valence-electron chi connectivity index (χ1n) is 6.01. The molecular formula is C11H14N2O6S2. The summed E-state index contributed by atoms with van der Waals surface area (Å²) >= 11 is 0. The van der Waals surface area contributed by atoms with Gasteiger partial charge in [0, 0.05) is 6.54 Å². The van der Waals surface area contributed by atoms with Gasteiger partial charge in [-0.1, -0.05) is 6.07 Å². The van der Waals surface area contributed by atoms with Gasteiger partial charge < -0.3 is 5.11 Å². The largest absolute Gasteiger partial charge is 0.480 e. The number of benzene rings is 1. The van der Waals surface area contributed by atoms with E-state index in [1.54, 1.807) is 0 Å². The van der Waals surface area contributed by atoms with Crippen LogP contribution in [0.4, 0.5) is 0 Å². The SMILES string of the molecule is NS(=O)(=O)c1cccc(S(=O)(=O)N2CCC[C@H]2C(=O)O)c1. The van der Waals surface area contributed by atoms with Crippen molar-refractivity contribution in [1.29, 1.82) is 0 Å². The first kappa shape index (κ1) is 15.9. The number of rotatable bonds is 4. The predicted molar refractivity (Wildman–Crippen MR) is 72.4 cm³/mol. The lowest BCUT2D eigenvalue weighted by atomic mass is 10.2. The van der Waals surface area contributed by atoms with Crippen LogP contribution in [0, 0.1) is 0 Å². The van der Waals surface area contributed by atoms with Crippen molar-refractivity contribution in [2.24, 2.45) is 5.14 Å². The number of carboxylic acids is 1. The van der Waals surface area contributed by atoms with Gasteiger partial charge in [0.1, 0.15) is 6.04 Å². The molecule has 0 unspecified atom stereocenters. The fourth-order valence-electron chi connectivity index (χ4n) is 2.22. The van der Waals surface area contributed by atoms with Crippen LogP contribution in [-0.2, 0) is 24.8 Å². The Balaban J connectivity index is 2.48. The van der Waals surface area contributed by atoms with E-state index in [4.69, 9.17) is 10.2 Å². The van der Waals surface area contributed by atoms with Gasteiger partial charge in [-0.15, -0.1) is 0 Å². The Morgan fingerprint density at radius 3 is 2.43 bits per heavy atom. The third-order valence-electron chi connectivity index (χ3n) is 3.23. The number of primary sulfonamides is 1. The summed E-state index contributed by atoms with van der Waals surface area (Å²) in [6.45, 7) is 0.0822. The molecule has 0 bridgehead atoms. The molecule has 0 amide bonds. The van der Waals surface area contributed by atoms with Gasteiger partial charge in [-0.3, -0.25) is 4.79 Å². The Bertz CT molecular complexity index is 772. The summed E-state index contributed by atoms with van der Waals surface area (Å²) in [4.78, 5) is 10.5. The minimum atomic E-state index is -4.08. The van der Waals surface area contributed by atoms with Crippen molar-refractivity contribution in [3.8, 4) is 0 Å². The molecule has 1 aromatic rings. The Kier molecular flexibility index (Phi) is 4.06. The van der Waals surface area contributed by atoms with Crippen molar-refractivity contribution in [2.45, 2.75) is 28.7 Å². The molecule has 0 saturated carbocycles. The lowest BCUT2D eigenvalue weighted by Crippen LogP contribution is -2.40. The lowest BCUT2D eigenvalue weighted by Gasteiger charge is -2.21. The van der Waals surface area contributed by atoms with Gasteiger partial charge >= 0.3 is 5.97 Å². The molecule has 1 aromatic carbocycles. The number of nitrogens with zero attached hydrogens (tertiary/aromatic N) is 1. The Morgan fingerprint density at radius 2 is 1.86 bits per heavy atom. The number of hydrogen-bond donors (Lipinski definition) is 2. The van der Waals surface area contributed by atoms with Crippen LogP contribution in [0.15, 0.2) is 34.1 Å². The summed E-state index contributed by atoms with van der Waals surface area (Å²) in [5.74, 6) is -1.22. The first-order chi connectivity index (χ1) is 9.64. The van der Waals surface area contributed by atoms with Crippen molar-refractivity contribution in [2.75, 3.05) is 6.54 Å². The van der Waals surface area contributed by atoms with Crippen LogP contribution in [0.5, 0.6) is 0 Å². The van der Waals surface area contributed by atoms with Crippen LogP contribution in [-0.4, -0.2) is 44.8 Å². The smallest absolute Gasteiger partial charge is 0.322 e. The molecule has 8 nitrogen and oxygen atoms in total. The normalized spacial score (nSPS) is 20.5.